The van der Waals surface area contributed by atoms with E-state index in [1.807, 2.05) is 0 Å². The molecule has 0 unspecified atom stereocenters. The number of hydrogen-bond acceptors (Lipinski definition) is 3. The zero-order valence-corrected chi connectivity index (χ0v) is 8.33. The van der Waals surface area contributed by atoms with E-state index in [2.05, 4.69) is 0 Å². The topological polar surface area (TPSA) is 61.1 Å². The molecule has 16 heavy (non-hydrogen) atoms. The lowest BCUT2D eigenvalue weighted by Gasteiger charge is -2.07. The number of hydrogen-bond donors (Lipinski definition) is 0. The van der Waals surface area contributed by atoms with E-state index < -0.39 is 28.8 Å². The quantitative estimate of drug-likeness (QED) is 0.636. The van der Waals surface area contributed by atoms with Crippen molar-refractivity contribution in [3.63, 3.8) is 0 Å². The molecule has 1 aromatic heterocycles. The van der Waals surface area contributed by atoms with E-state index >= 15 is 0 Å². The molecule has 0 aliphatic rings. The Labute approximate surface area is 86.7 Å². The van der Waals surface area contributed by atoms with Crippen molar-refractivity contribution < 1.29 is 18.0 Å². The van der Waals surface area contributed by atoms with Crippen LogP contribution in [0.3, 0.4) is 0 Å². The molecule has 0 bridgehead atoms. The molecule has 1 rings (SSSR count). The summed E-state index contributed by atoms with van der Waals surface area (Å²) in [5.74, 6) is -2.26. The minimum Gasteiger partial charge on any atom is -0.303 e. The second-order valence-corrected chi connectivity index (χ2v) is 3.13. The summed E-state index contributed by atoms with van der Waals surface area (Å²) in [6.45, 7) is 0. The number of Topliss-reactive ketones (excluding diaryl/α,β-unsaturated/α-hetero) is 1. The van der Waals surface area contributed by atoms with Crippen molar-refractivity contribution in [1.29, 1.82) is 0 Å². The maximum Gasteiger partial charge on any atom is 0.455 e. The number of ketones is 1. The zero-order chi connectivity index (χ0) is 12.7. The molecule has 5 nitrogen and oxygen atoms in total. The third-order valence-electron chi connectivity index (χ3n) is 1.95. The second-order valence-electron chi connectivity index (χ2n) is 3.13. The van der Waals surface area contributed by atoms with Gasteiger partial charge in [0.25, 0.3) is 11.3 Å². The summed E-state index contributed by atoms with van der Waals surface area (Å²) in [7, 11) is 2.15. The van der Waals surface area contributed by atoms with E-state index in [9.17, 15) is 27.6 Å². The van der Waals surface area contributed by atoms with Gasteiger partial charge in [-0.05, 0) is 0 Å². The smallest absolute Gasteiger partial charge is 0.303 e. The van der Waals surface area contributed by atoms with Crippen LogP contribution in [0.2, 0.25) is 0 Å². The highest BCUT2D eigenvalue weighted by Gasteiger charge is 2.41. The fourth-order valence-corrected chi connectivity index (χ4v) is 1.12. The molecule has 1 aromatic rings. The minimum atomic E-state index is -5.14. The van der Waals surface area contributed by atoms with Crippen LogP contribution in [0.1, 0.15) is 10.4 Å². The number of alkyl halides is 3. The molecular formula is C8H7F3N2O3. The van der Waals surface area contributed by atoms with Crippen LogP contribution >= 0.6 is 0 Å². The largest absolute Gasteiger partial charge is 0.455 e. The number of aryl methyl sites for hydroxylation is 1. The van der Waals surface area contributed by atoms with E-state index in [0.717, 1.165) is 18.7 Å². The average molecular weight is 236 g/mol. The first-order chi connectivity index (χ1) is 7.16. The summed E-state index contributed by atoms with van der Waals surface area (Å²) < 4.78 is 37.5. The highest BCUT2D eigenvalue weighted by atomic mass is 19.4. The third-order valence-corrected chi connectivity index (χ3v) is 1.95. The van der Waals surface area contributed by atoms with Gasteiger partial charge < -0.3 is 4.57 Å². The Morgan fingerprint density at radius 3 is 2.19 bits per heavy atom. The van der Waals surface area contributed by atoms with Gasteiger partial charge in [-0.2, -0.15) is 13.2 Å². The van der Waals surface area contributed by atoms with E-state index in [4.69, 9.17) is 0 Å². The van der Waals surface area contributed by atoms with Crippen LogP contribution in [0.25, 0.3) is 0 Å². The van der Waals surface area contributed by atoms with Gasteiger partial charge in [0.2, 0.25) is 0 Å². The highest BCUT2D eigenvalue weighted by molar-refractivity contribution is 5.99. The first kappa shape index (κ1) is 12.2. The van der Waals surface area contributed by atoms with E-state index in [0.29, 0.717) is 10.8 Å². The van der Waals surface area contributed by atoms with Gasteiger partial charge in [-0.15, -0.1) is 0 Å². The molecule has 0 saturated heterocycles. The lowest BCUT2D eigenvalue weighted by molar-refractivity contribution is -0.0886. The Morgan fingerprint density at radius 2 is 1.75 bits per heavy atom. The van der Waals surface area contributed by atoms with Crippen LogP contribution in [0.15, 0.2) is 15.8 Å². The second kappa shape index (κ2) is 3.62. The van der Waals surface area contributed by atoms with Gasteiger partial charge in [0, 0.05) is 20.3 Å². The molecule has 0 fully saturated rings. The van der Waals surface area contributed by atoms with Gasteiger partial charge in [-0.25, -0.2) is 4.79 Å². The molecule has 0 N–H and O–H groups in total. The maximum absolute atomic E-state index is 12.1. The molecule has 0 radical (unpaired) electrons. The number of carbonyl (C=O) groups excluding carboxylic acids is 1. The molecule has 0 aliphatic carbocycles. The molecule has 0 spiro atoms. The summed E-state index contributed by atoms with van der Waals surface area (Å²) in [5.41, 5.74) is -3.13. The van der Waals surface area contributed by atoms with Crippen LogP contribution in [-0.2, 0) is 14.1 Å². The fraction of sp³-hybridized carbons (Fsp3) is 0.375. The van der Waals surface area contributed by atoms with Crippen molar-refractivity contribution in [2.24, 2.45) is 14.1 Å². The van der Waals surface area contributed by atoms with E-state index in [-0.39, 0.29) is 0 Å². The summed E-state index contributed by atoms with van der Waals surface area (Å²) >= 11 is 0. The van der Waals surface area contributed by atoms with E-state index in [1.54, 1.807) is 0 Å². The Balaban J connectivity index is 3.56. The van der Waals surface area contributed by atoms with Crippen LogP contribution in [0.5, 0.6) is 0 Å². The molecular weight excluding hydrogens is 229 g/mol. The summed E-state index contributed by atoms with van der Waals surface area (Å²) in [4.78, 5) is 33.3. The summed E-state index contributed by atoms with van der Waals surface area (Å²) in [6.07, 6.45) is -4.55. The summed E-state index contributed by atoms with van der Waals surface area (Å²) in [5, 5.41) is 0. The van der Waals surface area contributed by atoms with Gasteiger partial charge in [-0.3, -0.25) is 14.2 Å². The molecule has 0 aromatic carbocycles. The predicted molar refractivity (Wildman–Crippen MR) is 47.3 cm³/mol. The van der Waals surface area contributed by atoms with Crippen molar-refractivity contribution >= 4 is 5.78 Å². The molecule has 0 aliphatic heterocycles. The fourth-order valence-electron chi connectivity index (χ4n) is 1.12. The van der Waals surface area contributed by atoms with Crippen LogP contribution < -0.4 is 11.2 Å². The van der Waals surface area contributed by atoms with E-state index in [1.165, 1.54) is 0 Å². The lowest BCUT2D eigenvalue weighted by atomic mass is 10.2. The minimum absolute atomic E-state index is 0.443. The highest BCUT2D eigenvalue weighted by Crippen LogP contribution is 2.19. The van der Waals surface area contributed by atoms with Crippen molar-refractivity contribution in [1.82, 2.24) is 9.13 Å². The first-order valence-electron chi connectivity index (χ1n) is 4.04. The maximum atomic E-state index is 12.1. The number of carbonyl (C=O) groups is 1. The van der Waals surface area contributed by atoms with Gasteiger partial charge in [0.15, 0.2) is 0 Å². The zero-order valence-electron chi connectivity index (χ0n) is 8.33. The molecule has 0 atom stereocenters. The van der Waals surface area contributed by atoms with Gasteiger partial charge in [0.05, 0.1) is 0 Å². The average Bonchev–Trinajstić information content (AvgIpc) is 2.18. The Morgan fingerprint density at radius 1 is 1.25 bits per heavy atom. The van der Waals surface area contributed by atoms with Crippen LogP contribution in [0, 0.1) is 0 Å². The Kier molecular flexibility index (Phi) is 2.76. The van der Waals surface area contributed by atoms with Crippen molar-refractivity contribution in [3.05, 3.63) is 32.6 Å². The standard InChI is InChI=1S/C8H7F3N2O3/c1-12-3-4(5(14)8(9,10)11)6(15)13(2)7(12)16/h3H,1-2H3. The molecule has 1 heterocycles. The number of rotatable bonds is 1. The molecule has 8 heteroatoms. The van der Waals surface area contributed by atoms with Crippen LogP contribution in [-0.4, -0.2) is 21.1 Å². The first-order valence-corrected chi connectivity index (χ1v) is 4.04. The van der Waals surface area contributed by atoms with Gasteiger partial charge >= 0.3 is 11.9 Å². The monoisotopic (exact) mass is 236 g/mol. The van der Waals surface area contributed by atoms with Crippen molar-refractivity contribution in [2.45, 2.75) is 6.18 Å². The van der Waals surface area contributed by atoms with Crippen molar-refractivity contribution in [3.8, 4) is 0 Å². The Hall–Kier alpha value is -1.86. The molecule has 88 valence electrons. The van der Waals surface area contributed by atoms with Gasteiger partial charge in [0.1, 0.15) is 5.56 Å². The van der Waals surface area contributed by atoms with Gasteiger partial charge in [-0.1, -0.05) is 0 Å². The van der Waals surface area contributed by atoms with Crippen LogP contribution in [0.4, 0.5) is 13.2 Å². The molecule has 0 amide bonds. The normalized spacial score (nSPS) is 11.6. The number of aromatic nitrogens is 2. The Bertz CT molecular complexity index is 553. The number of nitrogens with zero attached hydrogens (tertiary/aromatic N) is 2. The summed E-state index contributed by atoms with van der Waals surface area (Å²) in [6, 6.07) is 0. The predicted octanol–water partition coefficient (Wildman–Crippen LogP) is -0.171. The SMILES string of the molecule is Cn1cc(C(=O)C(F)(F)F)c(=O)n(C)c1=O. The molecule has 0 saturated carbocycles. The third kappa shape index (κ3) is 1.90. The lowest BCUT2D eigenvalue weighted by Crippen LogP contribution is -2.41. The van der Waals surface area contributed by atoms with Crippen molar-refractivity contribution in [2.75, 3.05) is 0 Å². The number of halogens is 3.